The molecule has 0 unspecified atom stereocenters. The lowest BCUT2D eigenvalue weighted by molar-refractivity contribution is -0.138. The Morgan fingerprint density at radius 1 is 1.37 bits per heavy atom. The normalized spacial score (nSPS) is 16.4. The van der Waals surface area contributed by atoms with Gasteiger partial charge in [-0.25, -0.2) is 0 Å². The minimum atomic E-state index is -0.318. The zero-order valence-corrected chi connectivity index (χ0v) is 12.3. The lowest BCUT2D eigenvalue weighted by Crippen LogP contribution is -2.26. The highest BCUT2D eigenvalue weighted by Gasteiger charge is 2.16. The molecule has 0 spiro atoms. The van der Waals surface area contributed by atoms with Crippen LogP contribution in [-0.2, 0) is 9.53 Å². The Hall–Kier alpha value is -1.36. The van der Waals surface area contributed by atoms with Gasteiger partial charge in [0.25, 0.3) is 6.47 Å². The third-order valence-corrected chi connectivity index (χ3v) is 2.91. The standard InChI is InChI=1S/C9H15N3.C5H10O2/c1-7-6-9(12-11-7)8-2-4-10-5-3-8;1-5(2,3)7-4-6/h6,8,10H,2-5H2,1H3,(H,11,12);4H,1-3H3. The molecule has 0 amide bonds. The number of nitrogens with one attached hydrogen (secondary N) is 2. The van der Waals surface area contributed by atoms with E-state index in [1.165, 1.54) is 18.5 Å². The van der Waals surface area contributed by atoms with Gasteiger partial charge in [0, 0.05) is 11.6 Å². The summed E-state index contributed by atoms with van der Waals surface area (Å²) in [4.78, 5) is 9.60. The molecule has 1 aromatic heterocycles. The van der Waals surface area contributed by atoms with Gasteiger partial charge in [0.15, 0.2) is 0 Å². The number of carbonyl (C=O) groups excluding carboxylic acids is 1. The molecule has 1 aliphatic heterocycles. The number of aromatic nitrogens is 2. The first-order chi connectivity index (χ1) is 8.92. The van der Waals surface area contributed by atoms with Crippen molar-refractivity contribution in [3.8, 4) is 0 Å². The SMILES string of the molecule is CC(C)(C)OC=O.Cc1cc(C2CCNCC2)[nH]n1. The Labute approximate surface area is 115 Å². The molecule has 2 rings (SSSR count). The number of aromatic amines is 1. The molecular formula is C14H25N3O2. The molecule has 5 heteroatoms. The van der Waals surface area contributed by atoms with Gasteiger partial charge in [-0.3, -0.25) is 9.89 Å². The molecule has 0 aromatic carbocycles. The number of H-pyrrole nitrogens is 1. The minimum absolute atomic E-state index is 0.318. The van der Waals surface area contributed by atoms with Crippen LogP contribution in [0.2, 0.25) is 0 Å². The van der Waals surface area contributed by atoms with Crippen molar-refractivity contribution in [1.29, 1.82) is 0 Å². The Balaban J connectivity index is 0.000000224. The van der Waals surface area contributed by atoms with E-state index in [9.17, 15) is 4.79 Å². The number of hydrogen-bond acceptors (Lipinski definition) is 4. The largest absolute Gasteiger partial charge is 0.462 e. The van der Waals surface area contributed by atoms with E-state index in [-0.39, 0.29) is 5.60 Å². The Bertz CT molecular complexity index is 376. The van der Waals surface area contributed by atoms with E-state index in [1.807, 2.05) is 27.7 Å². The van der Waals surface area contributed by atoms with Gasteiger partial charge in [0.1, 0.15) is 5.60 Å². The van der Waals surface area contributed by atoms with Crippen molar-refractivity contribution >= 4 is 6.47 Å². The Morgan fingerprint density at radius 2 is 2.00 bits per heavy atom. The molecule has 0 atom stereocenters. The maximum Gasteiger partial charge on any atom is 0.293 e. The summed E-state index contributed by atoms with van der Waals surface area (Å²) in [5.41, 5.74) is 2.10. The summed E-state index contributed by atoms with van der Waals surface area (Å²) in [5, 5.41) is 10.6. The number of aryl methyl sites for hydroxylation is 1. The smallest absolute Gasteiger partial charge is 0.293 e. The van der Waals surface area contributed by atoms with Gasteiger partial charge in [-0.2, -0.15) is 5.10 Å². The zero-order chi connectivity index (χ0) is 14.3. The van der Waals surface area contributed by atoms with E-state index >= 15 is 0 Å². The predicted octanol–water partition coefficient (Wildman–Crippen LogP) is 2.14. The molecule has 5 nitrogen and oxygen atoms in total. The maximum atomic E-state index is 9.60. The predicted molar refractivity (Wildman–Crippen MR) is 75.1 cm³/mol. The maximum absolute atomic E-state index is 9.60. The number of nitrogens with zero attached hydrogens (tertiary/aromatic N) is 1. The van der Waals surface area contributed by atoms with Gasteiger partial charge in [-0.05, 0) is 59.7 Å². The average molecular weight is 267 g/mol. The molecule has 0 aliphatic carbocycles. The summed E-state index contributed by atoms with van der Waals surface area (Å²) in [6, 6.07) is 2.16. The summed E-state index contributed by atoms with van der Waals surface area (Å²) < 4.78 is 4.55. The monoisotopic (exact) mass is 267 g/mol. The van der Waals surface area contributed by atoms with Crippen molar-refractivity contribution < 1.29 is 9.53 Å². The highest BCUT2D eigenvalue weighted by molar-refractivity contribution is 5.37. The van der Waals surface area contributed by atoms with E-state index in [1.54, 1.807) is 0 Å². The number of hydrogen-bond donors (Lipinski definition) is 2. The van der Waals surface area contributed by atoms with Crippen LogP contribution in [0.3, 0.4) is 0 Å². The van der Waals surface area contributed by atoms with Crippen LogP contribution in [0.1, 0.15) is 50.9 Å². The molecule has 1 aromatic rings. The van der Waals surface area contributed by atoms with Gasteiger partial charge < -0.3 is 10.1 Å². The molecule has 2 heterocycles. The topological polar surface area (TPSA) is 67.0 Å². The summed E-state index contributed by atoms with van der Waals surface area (Å²) in [7, 11) is 0. The van der Waals surface area contributed by atoms with Gasteiger partial charge >= 0.3 is 0 Å². The fourth-order valence-corrected chi connectivity index (χ4v) is 1.93. The van der Waals surface area contributed by atoms with Gasteiger partial charge in [0.2, 0.25) is 0 Å². The molecule has 19 heavy (non-hydrogen) atoms. The molecule has 1 saturated heterocycles. The van der Waals surface area contributed by atoms with Gasteiger partial charge in [0.05, 0.1) is 5.69 Å². The van der Waals surface area contributed by atoms with Crippen LogP contribution in [0.25, 0.3) is 0 Å². The molecule has 0 bridgehead atoms. The van der Waals surface area contributed by atoms with Gasteiger partial charge in [-0.15, -0.1) is 0 Å². The molecule has 108 valence electrons. The van der Waals surface area contributed by atoms with Crippen LogP contribution in [0.4, 0.5) is 0 Å². The summed E-state index contributed by atoms with van der Waals surface area (Å²) in [6.07, 6.45) is 2.48. The number of ether oxygens (including phenoxy) is 1. The second kappa shape index (κ2) is 7.28. The average Bonchev–Trinajstić information content (AvgIpc) is 2.76. The quantitative estimate of drug-likeness (QED) is 0.806. The van der Waals surface area contributed by atoms with Crippen molar-refractivity contribution in [2.75, 3.05) is 13.1 Å². The lowest BCUT2D eigenvalue weighted by atomic mass is 9.95. The third-order valence-electron chi connectivity index (χ3n) is 2.91. The van der Waals surface area contributed by atoms with Crippen LogP contribution >= 0.6 is 0 Å². The van der Waals surface area contributed by atoms with Crippen LogP contribution in [0.5, 0.6) is 0 Å². The first-order valence-corrected chi connectivity index (χ1v) is 6.76. The van der Waals surface area contributed by atoms with E-state index in [2.05, 4.69) is 26.3 Å². The lowest BCUT2D eigenvalue weighted by Gasteiger charge is -2.20. The van der Waals surface area contributed by atoms with Crippen molar-refractivity contribution in [1.82, 2.24) is 15.5 Å². The first-order valence-electron chi connectivity index (χ1n) is 6.76. The van der Waals surface area contributed by atoms with Crippen molar-refractivity contribution in [2.24, 2.45) is 0 Å². The Morgan fingerprint density at radius 3 is 2.37 bits per heavy atom. The van der Waals surface area contributed by atoms with Crippen molar-refractivity contribution in [3.63, 3.8) is 0 Å². The highest BCUT2D eigenvalue weighted by Crippen LogP contribution is 2.23. The van der Waals surface area contributed by atoms with Crippen LogP contribution in [-0.4, -0.2) is 35.4 Å². The molecule has 0 saturated carbocycles. The third kappa shape index (κ3) is 6.38. The highest BCUT2D eigenvalue weighted by atomic mass is 16.5. The van der Waals surface area contributed by atoms with Crippen molar-refractivity contribution in [2.45, 2.75) is 52.1 Å². The van der Waals surface area contributed by atoms with Crippen LogP contribution in [0, 0.1) is 6.92 Å². The second-order valence-corrected chi connectivity index (χ2v) is 5.82. The minimum Gasteiger partial charge on any atom is -0.462 e. The summed E-state index contributed by atoms with van der Waals surface area (Å²) in [6.45, 7) is 10.2. The van der Waals surface area contributed by atoms with Crippen LogP contribution in [0.15, 0.2) is 6.07 Å². The fraction of sp³-hybridized carbons (Fsp3) is 0.714. The van der Waals surface area contributed by atoms with Crippen LogP contribution < -0.4 is 5.32 Å². The summed E-state index contributed by atoms with van der Waals surface area (Å²) in [5.74, 6) is 0.701. The molecule has 0 radical (unpaired) electrons. The second-order valence-electron chi connectivity index (χ2n) is 5.82. The molecular weight excluding hydrogens is 242 g/mol. The van der Waals surface area contributed by atoms with E-state index < -0.39 is 0 Å². The zero-order valence-electron chi connectivity index (χ0n) is 12.3. The molecule has 2 N–H and O–H groups in total. The number of carbonyl (C=O) groups is 1. The summed E-state index contributed by atoms with van der Waals surface area (Å²) >= 11 is 0. The molecule has 1 fully saturated rings. The number of rotatable bonds is 2. The Kier molecular flexibility index (Phi) is 6.02. The first kappa shape index (κ1) is 15.7. The number of piperidine rings is 1. The van der Waals surface area contributed by atoms with Gasteiger partial charge in [-0.1, -0.05) is 0 Å². The molecule has 1 aliphatic rings. The van der Waals surface area contributed by atoms with E-state index in [4.69, 9.17) is 0 Å². The van der Waals surface area contributed by atoms with E-state index in [0.717, 1.165) is 18.8 Å². The van der Waals surface area contributed by atoms with E-state index in [0.29, 0.717) is 12.4 Å². The fourth-order valence-electron chi connectivity index (χ4n) is 1.93. The van der Waals surface area contributed by atoms with Crippen molar-refractivity contribution in [3.05, 3.63) is 17.5 Å².